The Morgan fingerprint density at radius 1 is 1.36 bits per heavy atom. The van der Waals surface area contributed by atoms with Gasteiger partial charge in [-0.15, -0.1) is 0 Å². The van der Waals surface area contributed by atoms with Gasteiger partial charge in [-0.25, -0.2) is 9.97 Å². The van der Waals surface area contributed by atoms with E-state index >= 15 is 0 Å². The third kappa shape index (κ3) is 1.71. The Kier molecular flexibility index (Phi) is 2.49. The van der Waals surface area contributed by atoms with Gasteiger partial charge >= 0.3 is 0 Å². The van der Waals surface area contributed by atoms with Gasteiger partial charge in [-0.1, -0.05) is 11.6 Å². The summed E-state index contributed by atoms with van der Waals surface area (Å²) in [5, 5.41) is 8.72. The molecule has 0 aliphatic rings. The Balaban J connectivity index is 3.24. The molecule has 0 bridgehead atoms. The first kappa shape index (κ1) is 8.52. The van der Waals surface area contributed by atoms with Crippen molar-refractivity contribution in [3.05, 3.63) is 16.1 Å². The molecular formula is C5H5Cl2N3O. The minimum Gasteiger partial charge on any atom is -0.395 e. The highest BCUT2D eigenvalue weighted by molar-refractivity contribution is 6.33. The molecule has 0 saturated heterocycles. The Labute approximate surface area is 73.0 Å². The number of anilines is 1. The minimum atomic E-state index is -0.298. The number of aromatic nitrogens is 2. The fourth-order valence-corrected chi connectivity index (χ4v) is 0.996. The fraction of sp³-hybridized carbons (Fsp3) is 0.200. The second-order valence-electron chi connectivity index (χ2n) is 1.80. The summed E-state index contributed by atoms with van der Waals surface area (Å²) in [6, 6.07) is 0. The van der Waals surface area contributed by atoms with Crippen LogP contribution in [-0.2, 0) is 6.61 Å². The van der Waals surface area contributed by atoms with Crippen molar-refractivity contribution in [2.24, 2.45) is 0 Å². The first-order chi connectivity index (χ1) is 5.15. The third-order valence-corrected chi connectivity index (χ3v) is 1.56. The monoisotopic (exact) mass is 193 g/mol. The summed E-state index contributed by atoms with van der Waals surface area (Å²) in [5.41, 5.74) is 5.80. The zero-order valence-electron chi connectivity index (χ0n) is 5.38. The van der Waals surface area contributed by atoms with Crippen molar-refractivity contribution < 1.29 is 5.11 Å². The van der Waals surface area contributed by atoms with Crippen molar-refractivity contribution in [3.8, 4) is 0 Å². The summed E-state index contributed by atoms with van der Waals surface area (Å²) in [4.78, 5) is 7.21. The van der Waals surface area contributed by atoms with Crippen LogP contribution >= 0.6 is 23.2 Å². The van der Waals surface area contributed by atoms with Gasteiger partial charge < -0.3 is 10.8 Å². The van der Waals surface area contributed by atoms with Gasteiger partial charge in [0.1, 0.15) is 0 Å². The first-order valence-electron chi connectivity index (χ1n) is 2.73. The second-order valence-corrected chi connectivity index (χ2v) is 2.50. The van der Waals surface area contributed by atoms with Crippen molar-refractivity contribution in [1.82, 2.24) is 9.97 Å². The van der Waals surface area contributed by atoms with Crippen molar-refractivity contribution >= 4 is 28.9 Å². The quantitative estimate of drug-likeness (QED) is 0.513. The number of hydrogen-bond donors (Lipinski definition) is 2. The minimum absolute atomic E-state index is 0.0201. The van der Waals surface area contributed by atoms with E-state index in [2.05, 4.69) is 9.97 Å². The van der Waals surface area contributed by atoms with Gasteiger partial charge in [-0.2, -0.15) is 0 Å². The molecule has 0 spiro atoms. The highest BCUT2D eigenvalue weighted by Gasteiger charge is 2.06. The van der Waals surface area contributed by atoms with E-state index in [0.717, 1.165) is 0 Å². The normalized spacial score (nSPS) is 10.1. The molecule has 0 radical (unpaired) electrons. The predicted molar refractivity (Wildman–Crippen MR) is 42.4 cm³/mol. The number of aliphatic hydroxyl groups is 1. The molecule has 0 aromatic carbocycles. The van der Waals surface area contributed by atoms with Crippen LogP contribution in [0.25, 0.3) is 0 Å². The van der Waals surface area contributed by atoms with Crippen LogP contribution in [0.4, 0.5) is 5.69 Å². The van der Waals surface area contributed by atoms with Gasteiger partial charge in [0.15, 0.2) is 5.15 Å². The Morgan fingerprint density at radius 2 is 2.00 bits per heavy atom. The van der Waals surface area contributed by atoms with E-state index in [9.17, 15) is 0 Å². The molecule has 0 aliphatic carbocycles. The number of rotatable bonds is 1. The zero-order chi connectivity index (χ0) is 8.43. The van der Waals surface area contributed by atoms with Crippen molar-refractivity contribution in [3.63, 3.8) is 0 Å². The molecule has 0 fully saturated rings. The largest absolute Gasteiger partial charge is 0.395 e. The molecule has 3 N–H and O–H groups in total. The fourth-order valence-electron chi connectivity index (χ4n) is 0.577. The maximum atomic E-state index is 8.68. The molecule has 0 saturated carbocycles. The van der Waals surface area contributed by atoms with Crippen LogP contribution in [0.5, 0.6) is 0 Å². The van der Waals surface area contributed by atoms with Crippen molar-refractivity contribution in [2.45, 2.75) is 6.61 Å². The smallest absolute Gasteiger partial charge is 0.224 e. The van der Waals surface area contributed by atoms with Crippen molar-refractivity contribution in [1.29, 1.82) is 0 Å². The molecule has 60 valence electrons. The molecule has 0 unspecified atom stereocenters. The van der Waals surface area contributed by atoms with Gasteiger partial charge in [0, 0.05) is 0 Å². The maximum absolute atomic E-state index is 8.68. The molecule has 1 aromatic heterocycles. The summed E-state index contributed by atoms with van der Waals surface area (Å²) < 4.78 is 0. The van der Waals surface area contributed by atoms with Crippen LogP contribution in [0.3, 0.4) is 0 Å². The molecular weight excluding hydrogens is 189 g/mol. The second kappa shape index (κ2) is 3.21. The molecule has 1 rings (SSSR count). The average Bonchev–Trinajstić information content (AvgIpc) is 1.96. The van der Waals surface area contributed by atoms with E-state index in [1.807, 2.05) is 0 Å². The van der Waals surface area contributed by atoms with E-state index in [-0.39, 0.29) is 28.4 Å². The van der Waals surface area contributed by atoms with E-state index < -0.39 is 0 Å². The summed E-state index contributed by atoms with van der Waals surface area (Å²) in [6.07, 6.45) is 0. The number of aliphatic hydroxyl groups excluding tert-OH is 1. The van der Waals surface area contributed by atoms with E-state index in [1.54, 1.807) is 0 Å². The molecule has 0 aliphatic heterocycles. The number of halogens is 2. The molecule has 6 heteroatoms. The van der Waals surface area contributed by atoms with Gasteiger partial charge in [0.25, 0.3) is 0 Å². The molecule has 1 heterocycles. The summed E-state index contributed by atoms with van der Waals surface area (Å²) in [7, 11) is 0. The average molecular weight is 194 g/mol. The number of hydrogen-bond acceptors (Lipinski definition) is 4. The Hall–Kier alpha value is -0.580. The molecule has 11 heavy (non-hydrogen) atoms. The third-order valence-electron chi connectivity index (χ3n) is 1.10. The molecule has 1 aromatic rings. The lowest BCUT2D eigenvalue weighted by atomic mass is 10.4. The van der Waals surface area contributed by atoms with Gasteiger partial charge in [0.2, 0.25) is 5.28 Å². The summed E-state index contributed by atoms with van der Waals surface area (Å²) in [6.45, 7) is -0.298. The SMILES string of the molecule is Nc1c(Cl)nc(Cl)nc1CO. The first-order valence-corrected chi connectivity index (χ1v) is 3.49. The number of nitrogens with zero attached hydrogens (tertiary/aromatic N) is 2. The topological polar surface area (TPSA) is 72.0 Å². The lowest BCUT2D eigenvalue weighted by molar-refractivity contribution is 0.277. The Morgan fingerprint density at radius 3 is 2.55 bits per heavy atom. The van der Waals surface area contributed by atoms with Crippen LogP contribution in [0.1, 0.15) is 5.69 Å². The molecule has 0 atom stereocenters. The lowest BCUT2D eigenvalue weighted by Crippen LogP contribution is -2.01. The van der Waals surface area contributed by atoms with Gasteiger partial charge in [0.05, 0.1) is 18.0 Å². The van der Waals surface area contributed by atoms with Crippen molar-refractivity contribution in [2.75, 3.05) is 5.73 Å². The Bertz CT molecular complexity index is 279. The van der Waals surface area contributed by atoms with E-state index in [1.165, 1.54) is 0 Å². The van der Waals surface area contributed by atoms with E-state index in [0.29, 0.717) is 0 Å². The highest BCUT2D eigenvalue weighted by atomic mass is 35.5. The number of nitrogen functional groups attached to an aromatic ring is 1. The van der Waals surface area contributed by atoms with E-state index in [4.69, 9.17) is 34.0 Å². The van der Waals surface area contributed by atoms with Crippen LogP contribution in [0, 0.1) is 0 Å². The van der Waals surface area contributed by atoms with Crippen LogP contribution < -0.4 is 5.73 Å². The summed E-state index contributed by atoms with van der Waals surface area (Å²) in [5.74, 6) is 0. The number of nitrogens with two attached hydrogens (primary N) is 1. The standard InChI is InChI=1S/C5H5Cl2N3O/c6-4-3(8)2(1-11)9-5(7)10-4/h11H,1,8H2. The van der Waals surface area contributed by atoms with Crippen LogP contribution in [0.2, 0.25) is 10.4 Å². The zero-order valence-corrected chi connectivity index (χ0v) is 6.89. The molecule has 4 nitrogen and oxygen atoms in total. The summed E-state index contributed by atoms with van der Waals surface area (Å²) >= 11 is 11.0. The van der Waals surface area contributed by atoms with Gasteiger partial charge in [-0.05, 0) is 11.6 Å². The maximum Gasteiger partial charge on any atom is 0.224 e. The van der Waals surface area contributed by atoms with Crippen LogP contribution in [0.15, 0.2) is 0 Å². The van der Waals surface area contributed by atoms with Gasteiger partial charge in [-0.3, -0.25) is 0 Å². The lowest BCUT2D eigenvalue weighted by Gasteiger charge is -2.01. The highest BCUT2D eigenvalue weighted by Crippen LogP contribution is 2.20. The predicted octanol–water partition coefficient (Wildman–Crippen LogP) is 0.858. The van der Waals surface area contributed by atoms with Crippen LogP contribution in [-0.4, -0.2) is 15.1 Å². The molecule has 0 amide bonds.